The van der Waals surface area contributed by atoms with Gasteiger partial charge in [-0.1, -0.05) is 110 Å². The fourth-order valence-electron chi connectivity index (χ4n) is 6.56. The fourth-order valence-corrected chi connectivity index (χ4v) is 6.56. The van der Waals surface area contributed by atoms with Crippen molar-refractivity contribution in [3.05, 3.63) is 193 Å². The zero-order valence-electron chi connectivity index (χ0n) is 26.2. The summed E-state index contributed by atoms with van der Waals surface area (Å²) in [7, 11) is 0. The number of furan rings is 1. The molecule has 0 bridgehead atoms. The average molecular weight is 607 g/mol. The second-order valence-corrected chi connectivity index (χ2v) is 11.8. The summed E-state index contributed by atoms with van der Waals surface area (Å²) in [5.41, 5.74) is 11.0. The lowest BCUT2D eigenvalue weighted by Crippen LogP contribution is -2.10. The van der Waals surface area contributed by atoms with Gasteiger partial charge in [-0.15, -0.1) is 0 Å². The molecule has 0 spiro atoms. The number of nitrogens with zero attached hydrogens (tertiary/aromatic N) is 2. The van der Waals surface area contributed by atoms with Gasteiger partial charge in [-0.3, -0.25) is 0 Å². The van der Waals surface area contributed by atoms with E-state index in [-0.39, 0.29) is 5.92 Å². The van der Waals surface area contributed by atoms with Crippen molar-refractivity contribution in [2.75, 3.05) is 9.80 Å². The molecule has 3 nitrogen and oxygen atoms in total. The Morgan fingerprint density at radius 2 is 0.809 bits per heavy atom. The molecule has 7 aromatic carbocycles. The Morgan fingerprint density at radius 3 is 1.36 bits per heavy atom. The van der Waals surface area contributed by atoms with Gasteiger partial charge in [0, 0.05) is 39.7 Å². The molecule has 0 aliphatic carbocycles. The predicted octanol–water partition coefficient (Wildman–Crippen LogP) is 12.7. The second-order valence-electron chi connectivity index (χ2n) is 11.8. The minimum Gasteiger partial charge on any atom is -0.456 e. The maximum atomic E-state index is 6.26. The van der Waals surface area contributed by atoms with Crippen LogP contribution in [0.1, 0.15) is 24.0 Å². The third-order valence-corrected chi connectivity index (χ3v) is 8.97. The standard InChI is InChI=1S/C44H34N2O/c1-32(33-24-28-38(29-25-33)45(35-14-5-2-6-15-35)36-16-7-3-8-17-36)34-26-30-39(31-27-34)46(37-18-9-4-10-19-37)41-21-13-23-43-44(41)40-20-11-12-22-42(40)47-43/h2-32H,1H3. The summed E-state index contributed by atoms with van der Waals surface area (Å²) >= 11 is 0. The fraction of sp³-hybridized carbons (Fsp3) is 0.0455. The van der Waals surface area contributed by atoms with Crippen LogP contribution in [0.15, 0.2) is 186 Å². The Labute approximate surface area is 275 Å². The first-order chi connectivity index (χ1) is 23.2. The van der Waals surface area contributed by atoms with Gasteiger partial charge in [0.2, 0.25) is 0 Å². The zero-order chi connectivity index (χ0) is 31.6. The quantitative estimate of drug-likeness (QED) is 0.172. The lowest BCUT2D eigenvalue weighted by molar-refractivity contribution is 0.669. The summed E-state index contributed by atoms with van der Waals surface area (Å²) in [4.78, 5) is 4.63. The minimum absolute atomic E-state index is 0.228. The number of para-hydroxylation sites is 4. The highest BCUT2D eigenvalue weighted by molar-refractivity contribution is 6.13. The van der Waals surface area contributed by atoms with Crippen LogP contribution in [0.3, 0.4) is 0 Å². The SMILES string of the molecule is CC(c1ccc(N(c2ccccc2)c2ccccc2)cc1)c1ccc(N(c2ccccc2)c2cccc3oc4ccccc4c23)cc1. The zero-order valence-corrected chi connectivity index (χ0v) is 26.2. The number of rotatable bonds is 8. The molecular weight excluding hydrogens is 572 g/mol. The summed E-state index contributed by atoms with van der Waals surface area (Å²) in [5.74, 6) is 0.228. The Kier molecular flexibility index (Phi) is 7.49. The average Bonchev–Trinajstić information content (AvgIpc) is 3.53. The van der Waals surface area contributed by atoms with Crippen molar-refractivity contribution in [2.24, 2.45) is 0 Å². The summed E-state index contributed by atoms with van der Waals surface area (Å²) in [5, 5.41) is 2.23. The summed E-state index contributed by atoms with van der Waals surface area (Å²) in [6.45, 7) is 2.28. The molecule has 0 aliphatic rings. The molecule has 0 saturated heterocycles. The van der Waals surface area contributed by atoms with Gasteiger partial charge in [-0.05, 0) is 90.0 Å². The number of hydrogen-bond acceptors (Lipinski definition) is 3. The van der Waals surface area contributed by atoms with Crippen LogP contribution in [0.25, 0.3) is 21.9 Å². The molecule has 0 radical (unpaired) electrons. The highest BCUT2D eigenvalue weighted by atomic mass is 16.3. The van der Waals surface area contributed by atoms with E-state index in [4.69, 9.17) is 4.42 Å². The Hall–Kier alpha value is -6.06. The number of anilines is 6. The smallest absolute Gasteiger partial charge is 0.137 e. The highest BCUT2D eigenvalue weighted by Crippen LogP contribution is 2.43. The van der Waals surface area contributed by atoms with Crippen molar-refractivity contribution in [2.45, 2.75) is 12.8 Å². The molecule has 0 N–H and O–H groups in total. The van der Waals surface area contributed by atoms with Crippen LogP contribution < -0.4 is 9.80 Å². The molecule has 0 saturated carbocycles. The molecule has 1 heterocycles. The Bertz CT molecular complexity index is 2200. The van der Waals surface area contributed by atoms with Crippen molar-refractivity contribution >= 4 is 56.1 Å². The lowest BCUT2D eigenvalue weighted by atomic mass is 9.92. The molecule has 0 amide bonds. The van der Waals surface area contributed by atoms with Crippen molar-refractivity contribution in [3.63, 3.8) is 0 Å². The number of fused-ring (bicyclic) bond motifs is 3. The van der Waals surface area contributed by atoms with E-state index in [1.807, 2.05) is 12.1 Å². The molecule has 1 atom stereocenters. The number of hydrogen-bond donors (Lipinski definition) is 0. The largest absolute Gasteiger partial charge is 0.456 e. The maximum absolute atomic E-state index is 6.26. The topological polar surface area (TPSA) is 19.6 Å². The minimum atomic E-state index is 0.228. The van der Waals surface area contributed by atoms with Crippen LogP contribution in [0.4, 0.5) is 34.1 Å². The van der Waals surface area contributed by atoms with E-state index in [0.29, 0.717) is 0 Å². The van der Waals surface area contributed by atoms with Crippen molar-refractivity contribution < 1.29 is 4.42 Å². The first-order valence-electron chi connectivity index (χ1n) is 16.1. The van der Waals surface area contributed by atoms with Gasteiger partial charge in [-0.25, -0.2) is 0 Å². The third kappa shape index (κ3) is 5.43. The molecule has 0 fully saturated rings. The second kappa shape index (κ2) is 12.4. The van der Waals surface area contributed by atoms with Crippen LogP contribution >= 0.6 is 0 Å². The van der Waals surface area contributed by atoms with Crippen molar-refractivity contribution in [3.8, 4) is 0 Å². The van der Waals surface area contributed by atoms with E-state index in [0.717, 1.165) is 56.1 Å². The molecule has 1 unspecified atom stereocenters. The summed E-state index contributed by atoms with van der Waals surface area (Å²) < 4.78 is 6.26. The van der Waals surface area contributed by atoms with Crippen LogP contribution in [-0.4, -0.2) is 0 Å². The first-order valence-corrected chi connectivity index (χ1v) is 16.1. The monoisotopic (exact) mass is 606 g/mol. The maximum Gasteiger partial charge on any atom is 0.137 e. The van der Waals surface area contributed by atoms with E-state index in [2.05, 4.69) is 187 Å². The predicted molar refractivity (Wildman–Crippen MR) is 197 cm³/mol. The van der Waals surface area contributed by atoms with Crippen LogP contribution in [0, 0.1) is 0 Å². The van der Waals surface area contributed by atoms with E-state index in [1.54, 1.807) is 0 Å². The van der Waals surface area contributed by atoms with Crippen LogP contribution in [0.5, 0.6) is 0 Å². The molecule has 226 valence electrons. The molecule has 47 heavy (non-hydrogen) atoms. The Morgan fingerprint density at radius 1 is 0.383 bits per heavy atom. The van der Waals surface area contributed by atoms with Gasteiger partial charge in [-0.2, -0.15) is 0 Å². The normalized spacial score (nSPS) is 11.9. The van der Waals surface area contributed by atoms with Gasteiger partial charge >= 0.3 is 0 Å². The molecule has 8 rings (SSSR count). The Balaban J connectivity index is 1.13. The van der Waals surface area contributed by atoms with Crippen LogP contribution in [-0.2, 0) is 0 Å². The van der Waals surface area contributed by atoms with Gasteiger partial charge in [0.1, 0.15) is 11.2 Å². The molecule has 1 aromatic heterocycles. The van der Waals surface area contributed by atoms with Gasteiger partial charge < -0.3 is 14.2 Å². The number of benzene rings is 7. The van der Waals surface area contributed by atoms with Gasteiger partial charge in [0.25, 0.3) is 0 Å². The molecular formula is C44H34N2O. The van der Waals surface area contributed by atoms with Crippen molar-refractivity contribution in [1.29, 1.82) is 0 Å². The van der Waals surface area contributed by atoms with Gasteiger partial charge in [0.15, 0.2) is 0 Å². The van der Waals surface area contributed by atoms with Crippen LogP contribution in [0.2, 0.25) is 0 Å². The van der Waals surface area contributed by atoms with E-state index < -0.39 is 0 Å². The lowest BCUT2D eigenvalue weighted by Gasteiger charge is -2.27. The highest BCUT2D eigenvalue weighted by Gasteiger charge is 2.20. The third-order valence-electron chi connectivity index (χ3n) is 8.97. The summed E-state index contributed by atoms with van der Waals surface area (Å²) in [6.07, 6.45) is 0. The molecule has 8 aromatic rings. The van der Waals surface area contributed by atoms with Crippen molar-refractivity contribution in [1.82, 2.24) is 0 Å². The van der Waals surface area contributed by atoms with E-state index in [1.165, 1.54) is 11.1 Å². The van der Waals surface area contributed by atoms with Gasteiger partial charge in [0.05, 0.1) is 11.1 Å². The first kappa shape index (κ1) is 28.4. The molecule has 3 heteroatoms. The van der Waals surface area contributed by atoms with E-state index >= 15 is 0 Å². The van der Waals surface area contributed by atoms with E-state index in [9.17, 15) is 0 Å². The summed E-state index contributed by atoms with van der Waals surface area (Å²) in [6, 6.07) is 64.2. The molecule has 0 aliphatic heterocycles.